The molecule has 0 fully saturated rings. The van der Waals surface area contributed by atoms with Gasteiger partial charge in [0.05, 0.1) is 16.5 Å². The number of hydrogen-bond acceptors (Lipinski definition) is 3. The van der Waals surface area contributed by atoms with E-state index in [1.807, 2.05) is 17.5 Å². The highest BCUT2D eigenvalue weighted by molar-refractivity contribution is 9.10. The van der Waals surface area contributed by atoms with Crippen LogP contribution in [0.15, 0.2) is 38.6 Å². The topological polar surface area (TPSA) is 38.3 Å². The summed E-state index contributed by atoms with van der Waals surface area (Å²) in [4.78, 5) is 12.6. The fourth-order valence-electron chi connectivity index (χ4n) is 1.36. The summed E-state index contributed by atoms with van der Waals surface area (Å²) in [6.45, 7) is 0. The molecule has 1 N–H and O–H groups in total. The molecule has 0 spiro atoms. The van der Waals surface area contributed by atoms with Gasteiger partial charge in [0.25, 0.3) is 5.91 Å². The molecule has 0 bridgehead atoms. The van der Waals surface area contributed by atoms with Crippen molar-refractivity contribution in [2.45, 2.75) is 0 Å². The molecule has 0 radical (unpaired) electrons. The summed E-state index contributed by atoms with van der Waals surface area (Å²) in [6.07, 6.45) is 0. The van der Waals surface area contributed by atoms with E-state index in [0.29, 0.717) is 16.3 Å². The highest BCUT2D eigenvalue weighted by Crippen LogP contribution is 2.28. The second kappa shape index (κ2) is 5.86. The monoisotopic (exact) mass is 389 g/mol. The maximum atomic E-state index is 11.9. The molecule has 94 valence electrons. The zero-order valence-electron chi connectivity index (χ0n) is 9.37. The second-order valence-electron chi connectivity index (χ2n) is 3.43. The first-order valence-corrected chi connectivity index (χ1v) is 7.45. The molecule has 1 heterocycles. The Balaban J connectivity index is 2.16. The number of ether oxygens (including phenoxy) is 1. The van der Waals surface area contributed by atoms with Gasteiger partial charge in [-0.2, -0.15) is 0 Å². The molecule has 1 aromatic carbocycles. The molecule has 0 atom stereocenters. The largest absolute Gasteiger partial charge is 0.495 e. The average Bonchev–Trinajstić information content (AvgIpc) is 2.78. The van der Waals surface area contributed by atoms with E-state index in [0.717, 1.165) is 8.95 Å². The van der Waals surface area contributed by atoms with Crippen molar-refractivity contribution in [3.8, 4) is 5.75 Å². The van der Waals surface area contributed by atoms with Gasteiger partial charge in [-0.15, -0.1) is 11.3 Å². The Hall–Kier alpha value is -0.850. The first kappa shape index (κ1) is 13.6. The van der Waals surface area contributed by atoms with Crippen LogP contribution in [0.1, 0.15) is 9.67 Å². The van der Waals surface area contributed by atoms with Crippen LogP contribution >= 0.6 is 43.2 Å². The van der Waals surface area contributed by atoms with Crippen LogP contribution in [-0.4, -0.2) is 13.0 Å². The number of carbonyl (C=O) groups excluding carboxylic acids is 1. The number of nitrogens with one attached hydrogen (secondary N) is 1. The summed E-state index contributed by atoms with van der Waals surface area (Å²) in [5.74, 6) is 0.551. The van der Waals surface area contributed by atoms with Gasteiger partial charge in [-0.3, -0.25) is 4.79 Å². The fourth-order valence-corrected chi connectivity index (χ4v) is 3.09. The molecule has 0 aliphatic heterocycles. The lowest BCUT2D eigenvalue weighted by atomic mass is 10.3. The van der Waals surface area contributed by atoms with Crippen molar-refractivity contribution in [3.05, 3.63) is 43.5 Å². The van der Waals surface area contributed by atoms with E-state index in [4.69, 9.17) is 4.74 Å². The van der Waals surface area contributed by atoms with Crippen LogP contribution in [0.25, 0.3) is 0 Å². The molecule has 0 unspecified atom stereocenters. The van der Waals surface area contributed by atoms with Gasteiger partial charge in [0.1, 0.15) is 5.75 Å². The summed E-state index contributed by atoms with van der Waals surface area (Å²) in [5.41, 5.74) is 0.699. The van der Waals surface area contributed by atoms with E-state index >= 15 is 0 Å². The summed E-state index contributed by atoms with van der Waals surface area (Å²) < 4.78 is 6.93. The lowest BCUT2D eigenvalue weighted by molar-refractivity contribution is 0.103. The Morgan fingerprint density at radius 2 is 2.11 bits per heavy atom. The average molecular weight is 391 g/mol. The number of amides is 1. The van der Waals surface area contributed by atoms with Crippen molar-refractivity contribution >= 4 is 54.8 Å². The van der Waals surface area contributed by atoms with Gasteiger partial charge in [-0.1, -0.05) is 0 Å². The zero-order chi connectivity index (χ0) is 13.1. The highest BCUT2D eigenvalue weighted by atomic mass is 79.9. The molecule has 18 heavy (non-hydrogen) atoms. The summed E-state index contributed by atoms with van der Waals surface area (Å²) in [5, 5.41) is 4.70. The highest BCUT2D eigenvalue weighted by Gasteiger charge is 2.10. The molecular weight excluding hydrogens is 382 g/mol. The molecule has 1 amide bonds. The maximum Gasteiger partial charge on any atom is 0.265 e. The molecule has 3 nitrogen and oxygen atoms in total. The molecule has 2 rings (SSSR count). The van der Waals surface area contributed by atoms with E-state index in [1.54, 1.807) is 19.2 Å². The maximum absolute atomic E-state index is 11.9. The predicted octanol–water partition coefficient (Wildman–Crippen LogP) is 4.53. The van der Waals surface area contributed by atoms with Gasteiger partial charge >= 0.3 is 0 Å². The molecule has 0 aliphatic rings. The Bertz CT molecular complexity index is 583. The third-order valence-corrected chi connectivity index (χ3v) is 4.55. The fraction of sp³-hybridized carbons (Fsp3) is 0.0833. The van der Waals surface area contributed by atoms with Crippen LogP contribution in [0, 0.1) is 0 Å². The van der Waals surface area contributed by atoms with E-state index in [1.165, 1.54) is 11.3 Å². The van der Waals surface area contributed by atoms with Crippen LogP contribution in [0.5, 0.6) is 5.75 Å². The van der Waals surface area contributed by atoms with E-state index in [2.05, 4.69) is 37.2 Å². The number of benzene rings is 1. The van der Waals surface area contributed by atoms with Crippen molar-refractivity contribution < 1.29 is 9.53 Å². The normalized spacial score (nSPS) is 10.2. The third-order valence-electron chi connectivity index (χ3n) is 2.20. The van der Waals surface area contributed by atoms with Gasteiger partial charge in [0, 0.05) is 21.6 Å². The molecule has 1 aromatic heterocycles. The van der Waals surface area contributed by atoms with Crippen LogP contribution in [0.2, 0.25) is 0 Å². The molecule has 2 aromatic rings. The van der Waals surface area contributed by atoms with E-state index in [9.17, 15) is 4.79 Å². The number of methoxy groups -OCH3 is 1. The third kappa shape index (κ3) is 3.13. The van der Waals surface area contributed by atoms with Crippen LogP contribution in [-0.2, 0) is 0 Å². The first-order chi connectivity index (χ1) is 8.60. The SMILES string of the molecule is COc1cc(NC(=O)c2cc(Br)cs2)ccc1Br. The Morgan fingerprint density at radius 1 is 1.33 bits per heavy atom. The number of hydrogen-bond donors (Lipinski definition) is 1. The molecule has 0 aliphatic carbocycles. The predicted molar refractivity (Wildman–Crippen MR) is 80.7 cm³/mol. The summed E-state index contributed by atoms with van der Waals surface area (Å²) >= 11 is 8.08. The number of anilines is 1. The van der Waals surface area contributed by atoms with E-state index in [-0.39, 0.29) is 5.91 Å². The van der Waals surface area contributed by atoms with Crippen molar-refractivity contribution in [2.75, 3.05) is 12.4 Å². The summed E-state index contributed by atoms with van der Waals surface area (Å²) in [6, 6.07) is 7.20. The number of halogens is 2. The number of carbonyl (C=O) groups is 1. The van der Waals surface area contributed by atoms with E-state index < -0.39 is 0 Å². The molecule has 0 saturated carbocycles. The minimum atomic E-state index is -0.130. The van der Waals surface area contributed by atoms with Gasteiger partial charge in [-0.25, -0.2) is 0 Å². The van der Waals surface area contributed by atoms with Gasteiger partial charge in [0.15, 0.2) is 0 Å². The standard InChI is InChI=1S/C12H9Br2NO2S/c1-17-10-5-8(2-3-9(10)14)15-12(16)11-4-7(13)6-18-11/h2-6H,1H3,(H,15,16). The Labute approximate surface area is 125 Å². The molecule has 6 heteroatoms. The molecular formula is C12H9Br2NO2S. The Morgan fingerprint density at radius 3 is 2.72 bits per heavy atom. The van der Waals surface area contributed by atoms with Gasteiger partial charge in [-0.05, 0) is 50.1 Å². The minimum absolute atomic E-state index is 0.130. The van der Waals surface area contributed by atoms with Crippen molar-refractivity contribution in [1.82, 2.24) is 0 Å². The quantitative estimate of drug-likeness (QED) is 0.835. The minimum Gasteiger partial charge on any atom is -0.495 e. The van der Waals surface area contributed by atoms with Gasteiger partial charge < -0.3 is 10.1 Å². The van der Waals surface area contributed by atoms with Crippen LogP contribution in [0.4, 0.5) is 5.69 Å². The van der Waals surface area contributed by atoms with Crippen molar-refractivity contribution in [1.29, 1.82) is 0 Å². The first-order valence-electron chi connectivity index (χ1n) is 4.99. The lowest BCUT2D eigenvalue weighted by Gasteiger charge is -2.07. The van der Waals surface area contributed by atoms with Gasteiger partial charge in [0.2, 0.25) is 0 Å². The smallest absolute Gasteiger partial charge is 0.265 e. The van der Waals surface area contributed by atoms with Crippen molar-refractivity contribution in [2.24, 2.45) is 0 Å². The van der Waals surface area contributed by atoms with Crippen LogP contribution in [0.3, 0.4) is 0 Å². The summed E-state index contributed by atoms with van der Waals surface area (Å²) in [7, 11) is 1.59. The number of thiophene rings is 1. The lowest BCUT2D eigenvalue weighted by Crippen LogP contribution is -2.10. The zero-order valence-corrected chi connectivity index (χ0v) is 13.4. The number of rotatable bonds is 3. The Kier molecular flexibility index (Phi) is 4.42. The van der Waals surface area contributed by atoms with Crippen LogP contribution < -0.4 is 10.1 Å². The second-order valence-corrected chi connectivity index (χ2v) is 6.11. The molecule has 0 saturated heterocycles. The van der Waals surface area contributed by atoms with Crippen molar-refractivity contribution in [3.63, 3.8) is 0 Å².